The number of hydrogen-bond acceptors (Lipinski definition) is 3. The molecule has 1 unspecified atom stereocenters. The molecule has 2 N–H and O–H groups in total. The summed E-state index contributed by atoms with van der Waals surface area (Å²) in [6.45, 7) is 5.54. The zero-order valence-electron chi connectivity index (χ0n) is 11.9. The maximum absolute atomic E-state index is 12.0. The molecule has 1 aromatic carbocycles. The summed E-state index contributed by atoms with van der Waals surface area (Å²) in [7, 11) is 0. The lowest BCUT2D eigenvalue weighted by Gasteiger charge is -2.11. The SMILES string of the molecule is CCCOc1cccc(C(=O)NCC2CCNC2)c1.Cl. The zero-order valence-corrected chi connectivity index (χ0v) is 12.7. The van der Waals surface area contributed by atoms with Gasteiger partial charge in [-0.15, -0.1) is 12.4 Å². The summed E-state index contributed by atoms with van der Waals surface area (Å²) in [5, 5.41) is 6.29. The molecule has 1 aromatic rings. The topological polar surface area (TPSA) is 50.4 Å². The van der Waals surface area contributed by atoms with E-state index in [1.54, 1.807) is 6.07 Å². The molecule has 0 spiro atoms. The average Bonchev–Trinajstić information content (AvgIpc) is 2.96. The molecule has 0 radical (unpaired) electrons. The van der Waals surface area contributed by atoms with Gasteiger partial charge in [-0.05, 0) is 50.0 Å². The molecule has 0 saturated carbocycles. The fourth-order valence-corrected chi connectivity index (χ4v) is 2.17. The van der Waals surface area contributed by atoms with Crippen molar-refractivity contribution in [1.29, 1.82) is 0 Å². The minimum Gasteiger partial charge on any atom is -0.494 e. The second-order valence-electron chi connectivity index (χ2n) is 4.95. The highest BCUT2D eigenvalue weighted by Gasteiger charge is 2.15. The van der Waals surface area contributed by atoms with Gasteiger partial charge in [0.2, 0.25) is 0 Å². The second kappa shape index (κ2) is 8.82. The van der Waals surface area contributed by atoms with E-state index in [0.29, 0.717) is 18.1 Å². The van der Waals surface area contributed by atoms with Crippen LogP contribution in [-0.4, -0.2) is 32.1 Å². The van der Waals surface area contributed by atoms with Crippen molar-refractivity contribution < 1.29 is 9.53 Å². The van der Waals surface area contributed by atoms with Gasteiger partial charge >= 0.3 is 0 Å². The van der Waals surface area contributed by atoms with Crippen LogP contribution in [0.5, 0.6) is 5.75 Å². The first kappa shape index (κ1) is 16.8. The Labute approximate surface area is 126 Å². The molecule has 1 fully saturated rings. The number of nitrogens with one attached hydrogen (secondary N) is 2. The number of halogens is 1. The van der Waals surface area contributed by atoms with Gasteiger partial charge in [0.1, 0.15) is 5.75 Å². The van der Waals surface area contributed by atoms with Gasteiger partial charge in [-0.25, -0.2) is 0 Å². The third kappa shape index (κ3) is 5.02. The van der Waals surface area contributed by atoms with Gasteiger partial charge < -0.3 is 15.4 Å². The minimum atomic E-state index is -0.0196. The molecule has 1 atom stereocenters. The molecule has 1 saturated heterocycles. The molecule has 4 nitrogen and oxygen atoms in total. The Morgan fingerprint density at radius 1 is 1.50 bits per heavy atom. The van der Waals surface area contributed by atoms with Crippen LogP contribution >= 0.6 is 12.4 Å². The Bertz CT molecular complexity index is 420. The third-order valence-electron chi connectivity index (χ3n) is 3.28. The van der Waals surface area contributed by atoms with E-state index in [1.165, 1.54) is 0 Å². The van der Waals surface area contributed by atoms with E-state index in [4.69, 9.17) is 4.74 Å². The highest BCUT2D eigenvalue weighted by molar-refractivity contribution is 5.94. The molecule has 0 aliphatic carbocycles. The molecule has 112 valence electrons. The summed E-state index contributed by atoms with van der Waals surface area (Å²) in [5.74, 6) is 1.30. The summed E-state index contributed by atoms with van der Waals surface area (Å²) in [6, 6.07) is 7.36. The van der Waals surface area contributed by atoms with Gasteiger partial charge in [0.25, 0.3) is 5.91 Å². The van der Waals surface area contributed by atoms with Crippen molar-refractivity contribution in [2.45, 2.75) is 19.8 Å². The number of amides is 1. The largest absolute Gasteiger partial charge is 0.494 e. The van der Waals surface area contributed by atoms with E-state index in [-0.39, 0.29) is 18.3 Å². The molecule has 1 amide bonds. The summed E-state index contributed by atoms with van der Waals surface area (Å²) < 4.78 is 5.53. The molecule has 1 aliphatic heterocycles. The second-order valence-corrected chi connectivity index (χ2v) is 4.95. The number of carbonyl (C=O) groups is 1. The van der Waals surface area contributed by atoms with E-state index in [2.05, 4.69) is 17.6 Å². The van der Waals surface area contributed by atoms with Crippen molar-refractivity contribution in [1.82, 2.24) is 10.6 Å². The predicted octanol–water partition coefficient (Wildman–Crippen LogP) is 2.24. The van der Waals surface area contributed by atoms with Crippen LogP contribution in [-0.2, 0) is 0 Å². The van der Waals surface area contributed by atoms with Crippen molar-refractivity contribution >= 4 is 18.3 Å². The molecule has 5 heteroatoms. The quantitative estimate of drug-likeness (QED) is 0.847. The van der Waals surface area contributed by atoms with Crippen molar-refractivity contribution in [3.63, 3.8) is 0 Å². The molecule has 0 aromatic heterocycles. The van der Waals surface area contributed by atoms with Gasteiger partial charge in [0, 0.05) is 12.1 Å². The molecule has 0 bridgehead atoms. The smallest absolute Gasteiger partial charge is 0.251 e. The maximum Gasteiger partial charge on any atom is 0.251 e. The van der Waals surface area contributed by atoms with Gasteiger partial charge in [-0.1, -0.05) is 13.0 Å². The summed E-state index contributed by atoms with van der Waals surface area (Å²) in [6.07, 6.45) is 2.10. The highest BCUT2D eigenvalue weighted by atomic mass is 35.5. The van der Waals surface area contributed by atoms with Crippen molar-refractivity contribution in [2.24, 2.45) is 5.92 Å². The van der Waals surface area contributed by atoms with E-state index in [0.717, 1.165) is 38.2 Å². The molecule has 20 heavy (non-hydrogen) atoms. The molecule has 1 heterocycles. The Balaban J connectivity index is 0.00000200. The summed E-state index contributed by atoms with van der Waals surface area (Å²) >= 11 is 0. The molecule has 1 aliphatic rings. The zero-order chi connectivity index (χ0) is 13.5. The van der Waals surface area contributed by atoms with Gasteiger partial charge in [-0.2, -0.15) is 0 Å². The number of hydrogen-bond donors (Lipinski definition) is 2. The van der Waals surface area contributed by atoms with Crippen LogP contribution in [0.1, 0.15) is 30.1 Å². The number of ether oxygens (including phenoxy) is 1. The normalized spacial score (nSPS) is 17.4. The molecular formula is C15H23ClN2O2. The van der Waals surface area contributed by atoms with Crippen LogP contribution in [0, 0.1) is 5.92 Å². The van der Waals surface area contributed by atoms with Crippen molar-refractivity contribution in [3.8, 4) is 5.75 Å². The summed E-state index contributed by atoms with van der Waals surface area (Å²) in [4.78, 5) is 12.0. The van der Waals surface area contributed by atoms with Crippen LogP contribution in [0.25, 0.3) is 0 Å². The lowest BCUT2D eigenvalue weighted by molar-refractivity contribution is 0.0947. The number of rotatable bonds is 6. The minimum absolute atomic E-state index is 0. The van der Waals surface area contributed by atoms with Crippen molar-refractivity contribution in [2.75, 3.05) is 26.2 Å². The first-order valence-electron chi connectivity index (χ1n) is 7.01. The van der Waals surface area contributed by atoms with E-state index in [1.807, 2.05) is 18.2 Å². The van der Waals surface area contributed by atoms with Crippen LogP contribution in [0.3, 0.4) is 0 Å². The number of carbonyl (C=O) groups excluding carboxylic acids is 1. The first-order valence-corrected chi connectivity index (χ1v) is 7.01. The van der Waals surface area contributed by atoms with Crippen LogP contribution in [0.2, 0.25) is 0 Å². The Morgan fingerprint density at radius 3 is 3.05 bits per heavy atom. The fraction of sp³-hybridized carbons (Fsp3) is 0.533. The lowest BCUT2D eigenvalue weighted by atomic mass is 10.1. The van der Waals surface area contributed by atoms with E-state index in [9.17, 15) is 4.79 Å². The fourth-order valence-electron chi connectivity index (χ4n) is 2.17. The van der Waals surface area contributed by atoms with Crippen LogP contribution in [0.15, 0.2) is 24.3 Å². The molecule has 2 rings (SSSR count). The highest BCUT2D eigenvalue weighted by Crippen LogP contribution is 2.14. The first-order chi connectivity index (χ1) is 9.29. The van der Waals surface area contributed by atoms with Gasteiger partial charge in [0.15, 0.2) is 0 Å². The predicted molar refractivity (Wildman–Crippen MR) is 82.8 cm³/mol. The van der Waals surface area contributed by atoms with Crippen LogP contribution < -0.4 is 15.4 Å². The average molecular weight is 299 g/mol. The maximum atomic E-state index is 12.0. The number of benzene rings is 1. The standard InChI is InChI=1S/C15H22N2O2.ClH/c1-2-8-19-14-5-3-4-13(9-14)15(18)17-11-12-6-7-16-10-12;/h3-5,9,12,16H,2,6-8,10-11H2,1H3,(H,17,18);1H. The van der Waals surface area contributed by atoms with Gasteiger partial charge in [-0.3, -0.25) is 4.79 Å². The molecular weight excluding hydrogens is 276 g/mol. The Kier molecular flexibility index (Phi) is 7.41. The van der Waals surface area contributed by atoms with E-state index < -0.39 is 0 Å². The Hall–Kier alpha value is -1.26. The van der Waals surface area contributed by atoms with Gasteiger partial charge in [0.05, 0.1) is 6.61 Å². The monoisotopic (exact) mass is 298 g/mol. The van der Waals surface area contributed by atoms with E-state index >= 15 is 0 Å². The van der Waals surface area contributed by atoms with Crippen molar-refractivity contribution in [3.05, 3.63) is 29.8 Å². The summed E-state index contributed by atoms with van der Waals surface area (Å²) in [5.41, 5.74) is 0.666. The van der Waals surface area contributed by atoms with Crippen LogP contribution in [0.4, 0.5) is 0 Å². The Morgan fingerprint density at radius 2 is 2.35 bits per heavy atom. The third-order valence-corrected chi connectivity index (χ3v) is 3.28. The lowest BCUT2D eigenvalue weighted by Crippen LogP contribution is -2.30.